The van der Waals surface area contributed by atoms with Crippen molar-refractivity contribution in [2.75, 3.05) is 12.3 Å². The number of nitrogen functional groups attached to an aromatic ring is 1. The average Bonchev–Trinajstić information content (AvgIpc) is 2.76. The van der Waals surface area contributed by atoms with Crippen LogP contribution in [0, 0.1) is 0 Å². The Balaban J connectivity index is 0.00000204. The molecule has 0 fully saturated rings. The maximum Gasteiger partial charge on any atom is 0.335 e. The van der Waals surface area contributed by atoms with Crippen molar-refractivity contribution in [2.45, 2.75) is 31.4 Å². The van der Waals surface area contributed by atoms with Crippen molar-refractivity contribution in [1.82, 2.24) is 5.32 Å². The predicted octanol–water partition coefficient (Wildman–Crippen LogP) is 5.44. The van der Waals surface area contributed by atoms with E-state index < -0.39 is 12.1 Å². The monoisotopic (exact) mass is 524 g/mol. The number of carboxylic acid groups (broad SMARTS) is 1. The zero-order valence-corrected chi connectivity index (χ0v) is 20.6. The third kappa shape index (κ3) is 7.01. The molecule has 182 valence electrons. The van der Waals surface area contributed by atoms with E-state index in [1.807, 2.05) is 30.3 Å². The molecule has 4 rings (SSSR count). The molecule has 34 heavy (non-hydrogen) atoms. The summed E-state index contributed by atoms with van der Waals surface area (Å²) < 4.78 is 5.90. The molecule has 0 aliphatic heterocycles. The van der Waals surface area contributed by atoms with Crippen molar-refractivity contribution >= 4 is 48.1 Å². The quantitative estimate of drug-likeness (QED) is 0.306. The number of aryl methyl sites for hydroxylation is 1. The van der Waals surface area contributed by atoms with Gasteiger partial charge in [-0.1, -0.05) is 29.8 Å². The molecule has 0 spiro atoms. The van der Waals surface area contributed by atoms with E-state index in [2.05, 4.69) is 5.32 Å². The lowest BCUT2D eigenvalue weighted by molar-refractivity contribution is 0.0696. The van der Waals surface area contributed by atoms with Crippen LogP contribution in [0.5, 0.6) is 11.5 Å². The summed E-state index contributed by atoms with van der Waals surface area (Å²) in [5, 5.41) is 23.8. The zero-order chi connectivity index (χ0) is 22.7. The van der Waals surface area contributed by atoms with Crippen LogP contribution in [0.1, 0.15) is 39.6 Å². The molecule has 2 atom stereocenters. The van der Waals surface area contributed by atoms with E-state index in [1.54, 1.807) is 18.2 Å². The molecule has 1 aliphatic rings. The minimum Gasteiger partial charge on any atom is -0.478 e. The van der Waals surface area contributed by atoms with E-state index in [1.165, 1.54) is 23.3 Å². The van der Waals surface area contributed by atoms with Gasteiger partial charge in [0.2, 0.25) is 0 Å². The molecule has 1 aliphatic carbocycles. The van der Waals surface area contributed by atoms with Gasteiger partial charge in [0, 0.05) is 29.4 Å². The lowest BCUT2D eigenvalue weighted by atomic mass is 9.88. The zero-order valence-electron chi connectivity index (χ0n) is 18.2. The number of carboxylic acids is 1. The van der Waals surface area contributed by atoms with Crippen molar-refractivity contribution in [3.8, 4) is 11.5 Å². The lowest BCUT2D eigenvalue weighted by Crippen LogP contribution is -2.37. The highest BCUT2D eigenvalue weighted by atomic mass is 35.5. The van der Waals surface area contributed by atoms with Crippen molar-refractivity contribution < 1.29 is 19.7 Å². The molecule has 3 aromatic carbocycles. The number of rotatable bonds is 7. The van der Waals surface area contributed by atoms with Crippen LogP contribution in [0.25, 0.3) is 0 Å². The fourth-order valence-electron chi connectivity index (χ4n) is 4.02. The molecule has 0 aromatic heterocycles. The Kier molecular flexibility index (Phi) is 10.0. The third-order valence-corrected chi connectivity index (χ3v) is 5.89. The highest BCUT2D eigenvalue weighted by Gasteiger charge is 2.20. The first kappa shape index (κ1) is 27.8. The Morgan fingerprint density at radius 1 is 1.09 bits per heavy atom. The van der Waals surface area contributed by atoms with Crippen molar-refractivity contribution in [3.05, 3.63) is 87.9 Å². The van der Waals surface area contributed by atoms with Crippen LogP contribution in [-0.4, -0.2) is 28.8 Å². The number of benzene rings is 3. The standard InChI is InChI=1S/C25H25ClN2O4.2ClH/c26-19-3-1-2-16(8-19)24(29)14-28-21-6-4-15-5-7-22(11-17(15)10-21)32-23-12-18(25(30)31)9-20(27)13-23;;/h1-3,5,7-9,11-13,21,24,28-29H,4,6,10,14,27H2,(H,30,31);2*1H/t21-,24+;;/m0../s1. The van der Waals surface area contributed by atoms with E-state index >= 15 is 0 Å². The van der Waals surface area contributed by atoms with E-state index in [-0.39, 0.29) is 36.4 Å². The predicted molar refractivity (Wildman–Crippen MR) is 139 cm³/mol. The summed E-state index contributed by atoms with van der Waals surface area (Å²) in [4.78, 5) is 11.3. The van der Waals surface area contributed by atoms with E-state index in [0.29, 0.717) is 28.8 Å². The van der Waals surface area contributed by atoms with Gasteiger partial charge < -0.3 is 26.0 Å². The Morgan fingerprint density at radius 3 is 2.62 bits per heavy atom. The van der Waals surface area contributed by atoms with Crippen LogP contribution in [-0.2, 0) is 12.8 Å². The number of nitrogens with one attached hydrogen (secondary N) is 1. The van der Waals surface area contributed by atoms with Crippen LogP contribution in [0.15, 0.2) is 60.7 Å². The van der Waals surface area contributed by atoms with Crippen LogP contribution in [0.3, 0.4) is 0 Å². The molecular weight excluding hydrogens is 499 g/mol. The van der Waals surface area contributed by atoms with Crippen molar-refractivity contribution in [1.29, 1.82) is 0 Å². The molecule has 0 saturated heterocycles. The van der Waals surface area contributed by atoms with Gasteiger partial charge in [0.25, 0.3) is 0 Å². The summed E-state index contributed by atoms with van der Waals surface area (Å²) in [6, 6.07) is 17.9. The highest BCUT2D eigenvalue weighted by Crippen LogP contribution is 2.30. The van der Waals surface area contributed by atoms with Crippen LogP contribution in [0.4, 0.5) is 5.69 Å². The molecule has 0 unspecified atom stereocenters. The molecule has 0 bridgehead atoms. The number of aliphatic hydroxyl groups is 1. The number of halogens is 3. The summed E-state index contributed by atoms with van der Waals surface area (Å²) in [7, 11) is 0. The Labute approximate surface area is 215 Å². The fraction of sp³-hybridized carbons (Fsp3) is 0.240. The topological polar surface area (TPSA) is 105 Å². The summed E-state index contributed by atoms with van der Waals surface area (Å²) in [5.41, 5.74) is 9.46. The first-order chi connectivity index (χ1) is 15.4. The summed E-state index contributed by atoms with van der Waals surface area (Å²) in [5.74, 6) is -0.0377. The van der Waals surface area contributed by atoms with Gasteiger partial charge in [-0.25, -0.2) is 4.79 Å². The van der Waals surface area contributed by atoms with Gasteiger partial charge in [-0.2, -0.15) is 0 Å². The van der Waals surface area contributed by atoms with E-state index in [4.69, 9.17) is 22.1 Å². The second-order valence-corrected chi connectivity index (χ2v) is 8.48. The summed E-state index contributed by atoms with van der Waals surface area (Å²) >= 11 is 6.02. The number of aliphatic hydroxyl groups excluding tert-OH is 1. The van der Waals surface area contributed by atoms with Crippen LogP contribution in [0.2, 0.25) is 5.02 Å². The Hall–Kier alpha value is -2.48. The lowest BCUT2D eigenvalue weighted by Gasteiger charge is -2.27. The number of nitrogens with two attached hydrogens (primary N) is 1. The van der Waals surface area contributed by atoms with Crippen molar-refractivity contribution in [2.24, 2.45) is 0 Å². The minimum absolute atomic E-state index is 0. The normalized spacial score (nSPS) is 15.3. The average molecular weight is 526 g/mol. The Morgan fingerprint density at radius 2 is 1.88 bits per heavy atom. The minimum atomic E-state index is -1.05. The smallest absolute Gasteiger partial charge is 0.335 e. The molecule has 0 heterocycles. The van der Waals surface area contributed by atoms with Crippen LogP contribution < -0.4 is 15.8 Å². The first-order valence-electron chi connectivity index (χ1n) is 10.5. The maximum absolute atomic E-state index is 11.3. The number of hydrogen-bond donors (Lipinski definition) is 4. The van der Waals surface area contributed by atoms with Crippen LogP contribution >= 0.6 is 36.4 Å². The van der Waals surface area contributed by atoms with Gasteiger partial charge in [-0.15, -0.1) is 24.8 Å². The van der Waals surface area contributed by atoms with E-state index in [9.17, 15) is 15.0 Å². The molecule has 0 saturated carbocycles. The first-order valence-corrected chi connectivity index (χ1v) is 10.9. The number of anilines is 1. The molecule has 0 radical (unpaired) electrons. The van der Waals surface area contributed by atoms with E-state index in [0.717, 1.165) is 24.8 Å². The summed E-state index contributed by atoms with van der Waals surface area (Å²) in [6.07, 6.45) is 2.09. The van der Waals surface area contributed by atoms with Gasteiger partial charge in [0.1, 0.15) is 11.5 Å². The molecule has 0 amide bonds. The fourth-order valence-corrected chi connectivity index (χ4v) is 4.22. The second-order valence-electron chi connectivity index (χ2n) is 8.05. The number of hydrogen-bond acceptors (Lipinski definition) is 5. The Bertz CT molecular complexity index is 1140. The molecule has 6 nitrogen and oxygen atoms in total. The van der Waals surface area contributed by atoms with Gasteiger partial charge in [0.15, 0.2) is 0 Å². The maximum atomic E-state index is 11.3. The number of ether oxygens (including phenoxy) is 1. The van der Waals surface area contributed by atoms with Gasteiger partial charge in [0.05, 0.1) is 11.7 Å². The molecular formula is C25H27Cl3N2O4. The van der Waals surface area contributed by atoms with Gasteiger partial charge in [-0.05, 0) is 72.4 Å². The number of aromatic carboxylic acids is 1. The SMILES string of the molecule is Cl.Cl.Nc1cc(Oc2ccc3c(c2)C[C@@H](NC[C@@H](O)c2cccc(Cl)c2)CC3)cc(C(=O)O)c1. The molecule has 5 N–H and O–H groups in total. The summed E-state index contributed by atoms with van der Waals surface area (Å²) in [6.45, 7) is 0.442. The molecule has 3 aromatic rings. The van der Waals surface area contributed by atoms with Gasteiger partial charge >= 0.3 is 5.97 Å². The second kappa shape index (κ2) is 12.3. The largest absolute Gasteiger partial charge is 0.478 e. The third-order valence-electron chi connectivity index (χ3n) is 5.65. The number of carbonyl (C=O) groups is 1. The van der Waals surface area contributed by atoms with Crippen molar-refractivity contribution in [3.63, 3.8) is 0 Å². The van der Waals surface area contributed by atoms with Gasteiger partial charge in [-0.3, -0.25) is 0 Å². The highest BCUT2D eigenvalue weighted by molar-refractivity contribution is 6.30. The number of fused-ring (bicyclic) bond motifs is 1. The molecule has 9 heteroatoms.